The molecule has 0 bridgehead atoms. The Morgan fingerprint density at radius 3 is 2.03 bits per heavy atom. The first-order chi connectivity index (χ1) is 14.6. The number of para-hydroxylation sites is 1. The standard InChI is InChI=1S/C23H28Cl2N4O2/c1-23(2,3)15-20(30)29-13-11-28(12-14-29)17-9-7-16(8-10-17)26-22(31)27-21-18(24)5-4-6-19(21)25/h4-10H,11-15H2,1-3H3,(H2,26,27,31). The number of halogens is 2. The molecule has 0 saturated carbocycles. The van der Waals surface area contributed by atoms with E-state index in [-0.39, 0.29) is 11.3 Å². The summed E-state index contributed by atoms with van der Waals surface area (Å²) in [6, 6.07) is 12.2. The number of hydrogen-bond acceptors (Lipinski definition) is 3. The van der Waals surface area contributed by atoms with Crippen molar-refractivity contribution in [3.05, 3.63) is 52.5 Å². The molecule has 0 radical (unpaired) electrons. The molecule has 3 amide bonds. The molecule has 166 valence electrons. The van der Waals surface area contributed by atoms with Gasteiger partial charge in [-0.2, -0.15) is 0 Å². The number of amides is 3. The van der Waals surface area contributed by atoms with E-state index in [9.17, 15) is 9.59 Å². The second kappa shape index (κ2) is 9.79. The van der Waals surface area contributed by atoms with E-state index in [1.54, 1.807) is 18.2 Å². The van der Waals surface area contributed by atoms with Crippen LogP contribution in [-0.4, -0.2) is 43.0 Å². The maximum atomic E-state index is 12.4. The summed E-state index contributed by atoms with van der Waals surface area (Å²) < 4.78 is 0. The van der Waals surface area contributed by atoms with Crippen molar-refractivity contribution in [1.82, 2.24) is 4.90 Å². The van der Waals surface area contributed by atoms with Gasteiger partial charge < -0.3 is 20.4 Å². The minimum atomic E-state index is -0.422. The van der Waals surface area contributed by atoms with Crippen molar-refractivity contribution in [2.45, 2.75) is 27.2 Å². The minimum absolute atomic E-state index is 0.000514. The second-order valence-electron chi connectivity index (χ2n) is 8.83. The Morgan fingerprint density at radius 2 is 1.48 bits per heavy atom. The fourth-order valence-corrected chi connectivity index (χ4v) is 3.92. The summed E-state index contributed by atoms with van der Waals surface area (Å²) in [6.45, 7) is 9.26. The van der Waals surface area contributed by atoms with E-state index in [1.165, 1.54) is 0 Å². The quantitative estimate of drug-likeness (QED) is 0.610. The van der Waals surface area contributed by atoms with Crippen molar-refractivity contribution in [1.29, 1.82) is 0 Å². The maximum Gasteiger partial charge on any atom is 0.323 e. The van der Waals surface area contributed by atoms with E-state index in [1.807, 2.05) is 29.2 Å². The Balaban J connectivity index is 1.53. The fraction of sp³-hybridized carbons (Fsp3) is 0.391. The molecule has 0 unspecified atom stereocenters. The zero-order chi connectivity index (χ0) is 22.6. The number of carbonyl (C=O) groups excluding carboxylic acids is 2. The summed E-state index contributed by atoms with van der Waals surface area (Å²) in [4.78, 5) is 28.9. The Hall–Kier alpha value is -2.44. The molecule has 0 spiro atoms. The molecule has 1 aliphatic heterocycles. The molecule has 31 heavy (non-hydrogen) atoms. The number of rotatable bonds is 4. The molecule has 3 rings (SSSR count). The number of urea groups is 1. The highest BCUT2D eigenvalue weighted by atomic mass is 35.5. The van der Waals surface area contributed by atoms with Crippen molar-refractivity contribution in [2.75, 3.05) is 41.7 Å². The summed E-state index contributed by atoms with van der Waals surface area (Å²) in [5.41, 5.74) is 2.09. The van der Waals surface area contributed by atoms with Gasteiger partial charge in [-0.05, 0) is 41.8 Å². The van der Waals surface area contributed by atoms with Crippen LogP contribution in [0.3, 0.4) is 0 Å². The normalized spacial score (nSPS) is 14.4. The van der Waals surface area contributed by atoms with E-state index in [2.05, 4.69) is 36.3 Å². The highest BCUT2D eigenvalue weighted by molar-refractivity contribution is 6.39. The maximum absolute atomic E-state index is 12.4. The van der Waals surface area contributed by atoms with Gasteiger partial charge in [-0.1, -0.05) is 50.0 Å². The zero-order valence-corrected chi connectivity index (χ0v) is 19.6. The number of nitrogens with one attached hydrogen (secondary N) is 2. The summed E-state index contributed by atoms with van der Waals surface area (Å²) in [5, 5.41) is 6.20. The van der Waals surface area contributed by atoms with Crippen molar-refractivity contribution in [3.8, 4) is 0 Å². The van der Waals surface area contributed by atoms with Crippen LogP contribution < -0.4 is 15.5 Å². The second-order valence-corrected chi connectivity index (χ2v) is 9.64. The Labute approximate surface area is 193 Å². The lowest BCUT2D eigenvalue weighted by Crippen LogP contribution is -2.49. The Bertz CT molecular complexity index is 913. The third-order valence-corrected chi connectivity index (χ3v) is 5.64. The van der Waals surface area contributed by atoms with Crippen LogP contribution in [0.25, 0.3) is 0 Å². The molecule has 0 aromatic heterocycles. The van der Waals surface area contributed by atoms with Crippen LogP contribution in [0.5, 0.6) is 0 Å². The lowest BCUT2D eigenvalue weighted by atomic mass is 9.91. The average Bonchev–Trinajstić information content (AvgIpc) is 2.70. The van der Waals surface area contributed by atoms with Gasteiger partial charge in [0.05, 0.1) is 15.7 Å². The van der Waals surface area contributed by atoms with Crippen LogP contribution in [-0.2, 0) is 4.79 Å². The van der Waals surface area contributed by atoms with Gasteiger partial charge in [0, 0.05) is 44.0 Å². The third-order valence-electron chi connectivity index (χ3n) is 5.01. The van der Waals surface area contributed by atoms with Gasteiger partial charge >= 0.3 is 6.03 Å². The van der Waals surface area contributed by atoms with Crippen LogP contribution in [0.1, 0.15) is 27.2 Å². The van der Waals surface area contributed by atoms with Crippen molar-refractivity contribution < 1.29 is 9.59 Å². The number of piperazine rings is 1. The Morgan fingerprint density at radius 1 is 0.903 bits per heavy atom. The SMILES string of the molecule is CC(C)(C)CC(=O)N1CCN(c2ccc(NC(=O)Nc3c(Cl)cccc3Cl)cc2)CC1. The lowest BCUT2D eigenvalue weighted by molar-refractivity contribution is -0.133. The summed E-state index contributed by atoms with van der Waals surface area (Å²) in [6.07, 6.45) is 0.564. The van der Waals surface area contributed by atoms with Gasteiger partial charge in [0.25, 0.3) is 0 Å². The molecule has 6 nitrogen and oxygen atoms in total. The fourth-order valence-electron chi connectivity index (χ4n) is 3.43. The van der Waals surface area contributed by atoms with Crippen molar-refractivity contribution in [3.63, 3.8) is 0 Å². The molecule has 1 aliphatic rings. The molecule has 2 aromatic carbocycles. The summed E-state index contributed by atoms with van der Waals surface area (Å²) >= 11 is 12.2. The van der Waals surface area contributed by atoms with Gasteiger partial charge in [0.1, 0.15) is 0 Å². The largest absolute Gasteiger partial charge is 0.368 e. The van der Waals surface area contributed by atoms with Gasteiger partial charge in [-0.3, -0.25) is 4.79 Å². The average molecular weight is 463 g/mol. The number of nitrogens with zero attached hydrogens (tertiary/aromatic N) is 2. The first-order valence-corrected chi connectivity index (χ1v) is 11.0. The van der Waals surface area contributed by atoms with Crippen LogP contribution >= 0.6 is 23.2 Å². The highest BCUT2D eigenvalue weighted by Gasteiger charge is 2.25. The molecule has 2 aromatic rings. The number of hydrogen-bond donors (Lipinski definition) is 2. The minimum Gasteiger partial charge on any atom is -0.368 e. The van der Waals surface area contributed by atoms with Gasteiger partial charge in [-0.25, -0.2) is 4.79 Å². The van der Waals surface area contributed by atoms with E-state index in [0.29, 0.717) is 27.8 Å². The van der Waals surface area contributed by atoms with Crippen LogP contribution in [0, 0.1) is 5.41 Å². The molecular formula is C23H28Cl2N4O2. The van der Waals surface area contributed by atoms with Gasteiger partial charge in [0.2, 0.25) is 5.91 Å². The molecule has 8 heteroatoms. The third kappa shape index (κ3) is 6.52. The van der Waals surface area contributed by atoms with E-state index < -0.39 is 6.03 Å². The molecule has 2 N–H and O–H groups in total. The molecule has 1 fully saturated rings. The molecule has 1 heterocycles. The predicted octanol–water partition coefficient (Wildman–Crippen LogP) is 5.72. The van der Waals surface area contributed by atoms with Crippen molar-refractivity contribution in [2.24, 2.45) is 5.41 Å². The topological polar surface area (TPSA) is 64.7 Å². The van der Waals surface area contributed by atoms with E-state index >= 15 is 0 Å². The Kier molecular flexibility index (Phi) is 7.34. The molecule has 0 aliphatic carbocycles. The first-order valence-electron chi connectivity index (χ1n) is 10.3. The molecule has 0 atom stereocenters. The first kappa shape index (κ1) is 23.2. The van der Waals surface area contributed by atoms with Gasteiger partial charge in [-0.15, -0.1) is 0 Å². The summed E-state index contributed by atoms with van der Waals surface area (Å²) in [5.74, 6) is 0.219. The summed E-state index contributed by atoms with van der Waals surface area (Å²) in [7, 11) is 0. The van der Waals surface area contributed by atoms with Crippen LogP contribution in [0.4, 0.5) is 21.9 Å². The van der Waals surface area contributed by atoms with E-state index in [0.717, 1.165) is 31.9 Å². The molecule has 1 saturated heterocycles. The lowest BCUT2D eigenvalue weighted by Gasteiger charge is -2.37. The molecular weight excluding hydrogens is 435 g/mol. The van der Waals surface area contributed by atoms with E-state index in [4.69, 9.17) is 23.2 Å². The number of anilines is 3. The predicted molar refractivity (Wildman–Crippen MR) is 128 cm³/mol. The number of carbonyl (C=O) groups is 2. The zero-order valence-electron chi connectivity index (χ0n) is 18.0. The van der Waals surface area contributed by atoms with Gasteiger partial charge in [0.15, 0.2) is 0 Å². The van der Waals surface area contributed by atoms with Crippen LogP contribution in [0.2, 0.25) is 10.0 Å². The highest BCUT2D eigenvalue weighted by Crippen LogP contribution is 2.30. The van der Waals surface area contributed by atoms with Crippen LogP contribution in [0.15, 0.2) is 42.5 Å². The van der Waals surface area contributed by atoms with Crippen molar-refractivity contribution >= 4 is 52.2 Å². The smallest absolute Gasteiger partial charge is 0.323 e. The number of benzene rings is 2. The monoisotopic (exact) mass is 462 g/mol.